The van der Waals surface area contributed by atoms with Gasteiger partial charge in [0.25, 0.3) is 11.6 Å². The molecular weight excluding hydrogens is 386 g/mol. The van der Waals surface area contributed by atoms with Crippen molar-refractivity contribution in [2.45, 2.75) is 6.92 Å². The van der Waals surface area contributed by atoms with Crippen LogP contribution < -0.4 is 10.6 Å². The fourth-order valence-electron chi connectivity index (χ4n) is 2.12. The van der Waals surface area contributed by atoms with Crippen LogP contribution in [-0.2, 0) is 18.9 Å². The number of benzene rings is 1. The topological polar surface area (TPSA) is 138 Å². The van der Waals surface area contributed by atoms with Crippen LogP contribution in [0.5, 0.6) is 0 Å². The summed E-state index contributed by atoms with van der Waals surface area (Å²) in [5.41, 5.74) is 0.503. The number of nitrogens with zero attached hydrogens (tertiary/aromatic N) is 1. The monoisotopic (exact) mass is 413 g/mol. The highest BCUT2D eigenvalue weighted by atomic mass is 16.6. The minimum absolute atomic E-state index is 0.0182. The van der Waals surface area contributed by atoms with Gasteiger partial charge in [-0.25, -0.2) is 4.79 Å². The van der Waals surface area contributed by atoms with Gasteiger partial charge in [0.15, 0.2) is 0 Å². The number of nitrogens with one attached hydrogen (secondary N) is 2. The van der Waals surface area contributed by atoms with E-state index in [1.54, 1.807) is 13.0 Å². The van der Waals surface area contributed by atoms with Gasteiger partial charge in [0.1, 0.15) is 12.2 Å². The van der Waals surface area contributed by atoms with Crippen molar-refractivity contribution in [3.05, 3.63) is 39.4 Å². The van der Waals surface area contributed by atoms with Crippen molar-refractivity contribution in [3.63, 3.8) is 0 Å². The Hall–Kier alpha value is -2.76. The van der Waals surface area contributed by atoms with E-state index in [0.29, 0.717) is 32.0 Å². The fraction of sp³-hybridized carbons (Fsp3) is 0.556. The highest BCUT2D eigenvalue weighted by Gasteiger charge is 2.19. The van der Waals surface area contributed by atoms with Crippen molar-refractivity contribution in [1.82, 2.24) is 10.6 Å². The van der Waals surface area contributed by atoms with E-state index in [9.17, 15) is 19.7 Å². The van der Waals surface area contributed by atoms with Crippen molar-refractivity contribution in [1.29, 1.82) is 0 Å². The van der Waals surface area contributed by atoms with Crippen molar-refractivity contribution in [2.75, 3.05) is 59.8 Å². The van der Waals surface area contributed by atoms with E-state index in [-0.39, 0.29) is 37.6 Å². The third-order valence-corrected chi connectivity index (χ3v) is 3.54. The predicted octanol–water partition coefficient (Wildman–Crippen LogP) is 1.04. The Morgan fingerprint density at radius 3 is 2.17 bits per heavy atom. The predicted molar refractivity (Wildman–Crippen MR) is 103 cm³/mol. The van der Waals surface area contributed by atoms with E-state index in [2.05, 4.69) is 10.6 Å². The van der Waals surface area contributed by atoms with Crippen LogP contribution in [0.25, 0.3) is 0 Å². The molecule has 162 valence electrons. The molecule has 0 saturated heterocycles. The first-order valence-corrected chi connectivity index (χ1v) is 9.06. The van der Waals surface area contributed by atoms with Crippen molar-refractivity contribution < 1.29 is 33.5 Å². The normalized spacial score (nSPS) is 10.4. The summed E-state index contributed by atoms with van der Waals surface area (Å²) < 4.78 is 20.6. The lowest BCUT2D eigenvalue weighted by molar-refractivity contribution is -0.385. The van der Waals surface area contributed by atoms with Crippen molar-refractivity contribution in [2.24, 2.45) is 0 Å². The second-order valence-corrected chi connectivity index (χ2v) is 5.76. The number of amides is 2. The Kier molecular flexibility index (Phi) is 11.9. The molecule has 0 aliphatic rings. The second kappa shape index (κ2) is 14.3. The molecule has 29 heavy (non-hydrogen) atoms. The Labute approximate surface area is 168 Å². The van der Waals surface area contributed by atoms with Crippen LogP contribution in [0.2, 0.25) is 0 Å². The molecule has 0 aliphatic carbocycles. The summed E-state index contributed by atoms with van der Waals surface area (Å²) in [6.07, 6.45) is -0.504. The first-order valence-electron chi connectivity index (χ1n) is 9.06. The maximum atomic E-state index is 12.1. The van der Waals surface area contributed by atoms with Gasteiger partial charge in [0.2, 0.25) is 0 Å². The van der Waals surface area contributed by atoms with Gasteiger partial charge in [-0.15, -0.1) is 0 Å². The lowest BCUT2D eigenvalue weighted by atomic mass is 10.1. The highest BCUT2D eigenvalue weighted by molar-refractivity contribution is 5.98. The number of hydrogen-bond acceptors (Lipinski definition) is 8. The first-order chi connectivity index (χ1) is 14.0. The second-order valence-electron chi connectivity index (χ2n) is 5.76. The number of carbonyl (C=O) groups excluding carboxylic acids is 2. The summed E-state index contributed by atoms with van der Waals surface area (Å²) in [5, 5.41) is 16.0. The largest absolute Gasteiger partial charge is 0.447 e. The summed E-state index contributed by atoms with van der Waals surface area (Å²) in [7, 11) is 1.48. The number of ether oxygens (including phenoxy) is 4. The molecule has 0 fully saturated rings. The summed E-state index contributed by atoms with van der Waals surface area (Å²) in [6, 6.07) is 4.44. The summed E-state index contributed by atoms with van der Waals surface area (Å²) in [4.78, 5) is 33.3. The van der Waals surface area contributed by atoms with E-state index in [0.717, 1.165) is 0 Å². The van der Waals surface area contributed by atoms with E-state index in [1.807, 2.05) is 0 Å². The number of hydrogen-bond donors (Lipinski definition) is 2. The molecule has 0 spiro atoms. The summed E-state index contributed by atoms with van der Waals surface area (Å²) in [5.74, 6) is -0.519. The van der Waals surface area contributed by atoms with E-state index >= 15 is 0 Å². The number of nitro benzene ring substituents is 1. The Balaban J connectivity index is 2.03. The minimum atomic E-state index is -0.575. The van der Waals surface area contributed by atoms with Crippen LogP contribution in [0.15, 0.2) is 18.2 Å². The third-order valence-electron chi connectivity index (χ3n) is 3.54. The van der Waals surface area contributed by atoms with Crippen LogP contribution in [-0.4, -0.2) is 76.8 Å². The summed E-state index contributed by atoms with van der Waals surface area (Å²) in [6.45, 7) is 4.07. The average Bonchev–Trinajstić information content (AvgIpc) is 2.70. The zero-order chi connectivity index (χ0) is 21.5. The molecule has 0 atom stereocenters. The standard InChI is InChI=1S/C18H27N3O8/c1-14-3-4-15(16(13-14)21(24)25)17(22)20-5-6-26-7-8-27-9-10-28-11-12-29-18(23)19-2/h3-4,13H,5-12H2,1-2H3,(H,19,23)(H,20,22). The van der Waals surface area contributed by atoms with E-state index < -0.39 is 16.9 Å². The molecule has 0 bridgehead atoms. The molecule has 1 aromatic rings. The molecule has 2 amide bonds. The SMILES string of the molecule is CNC(=O)OCCOCCOCCOCCNC(=O)c1ccc(C)cc1[N+](=O)[O-]. The van der Waals surface area contributed by atoms with E-state index in [1.165, 1.54) is 19.2 Å². The third kappa shape index (κ3) is 10.4. The number of rotatable bonds is 14. The molecule has 1 aromatic carbocycles. The molecule has 0 heterocycles. The number of nitro groups is 1. The quantitative estimate of drug-likeness (QED) is 0.262. The molecule has 0 aliphatic heterocycles. The zero-order valence-electron chi connectivity index (χ0n) is 16.6. The Bertz CT molecular complexity index is 669. The molecule has 0 radical (unpaired) electrons. The van der Waals surface area contributed by atoms with Crippen LogP contribution in [0.3, 0.4) is 0 Å². The maximum Gasteiger partial charge on any atom is 0.406 e. The van der Waals surface area contributed by atoms with Gasteiger partial charge < -0.3 is 29.6 Å². The van der Waals surface area contributed by atoms with Crippen LogP contribution in [0.1, 0.15) is 15.9 Å². The maximum absolute atomic E-state index is 12.1. The van der Waals surface area contributed by atoms with Crippen LogP contribution in [0, 0.1) is 17.0 Å². The van der Waals surface area contributed by atoms with Gasteiger partial charge in [-0.05, 0) is 18.6 Å². The molecule has 11 heteroatoms. The molecule has 0 saturated carbocycles. The summed E-state index contributed by atoms with van der Waals surface area (Å²) >= 11 is 0. The number of carbonyl (C=O) groups is 2. The Morgan fingerprint density at radius 1 is 1.00 bits per heavy atom. The fourth-order valence-corrected chi connectivity index (χ4v) is 2.12. The first kappa shape index (κ1) is 24.3. The smallest absolute Gasteiger partial charge is 0.406 e. The van der Waals surface area contributed by atoms with Crippen LogP contribution in [0.4, 0.5) is 10.5 Å². The molecular formula is C18H27N3O8. The van der Waals surface area contributed by atoms with Gasteiger partial charge >= 0.3 is 6.09 Å². The molecule has 0 aromatic heterocycles. The average molecular weight is 413 g/mol. The van der Waals surface area contributed by atoms with Crippen LogP contribution >= 0.6 is 0 Å². The zero-order valence-corrected chi connectivity index (χ0v) is 16.6. The van der Waals surface area contributed by atoms with E-state index in [4.69, 9.17) is 18.9 Å². The lowest BCUT2D eigenvalue weighted by Gasteiger charge is -2.08. The van der Waals surface area contributed by atoms with Gasteiger partial charge in [-0.2, -0.15) is 0 Å². The number of aryl methyl sites for hydroxylation is 1. The van der Waals surface area contributed by atoms with Gasteiger partial charge in [0, 0.05) is 19.7 Å². The van der Waals surface area contributed by atoms with Crippen molar-refractivity contribution >= 4 is 17.7 Å². The van der Waals surface area contributed by atoms with Gasteiger partial charge in [-0.1, -0.05) is 6.07 Å². The molecule has 11 nitrogen and oxygen atoms in total. The molecule has 1 rings (SSSR count). The molecule has 2 N–H and O–H groups in total. The highest BCUT2D eigenvalue weighted by Crippen LogP contribution is 2.19. The Morgan fingerprint density at radius 2 is 1.59 bits per heavy atom. The van der Waals surface area contributed by atoms with Crippen molar-refractivity contribution in [3.8, 4) is 0 Å². The number of alkyl carbamates (subject to hydrolysis) is 1. The molecule has 0 unspecified atom stereocenters. The minimum Gasteiger partial charge on any atom is -0.447 e. The van der Waals surface area contributed by atoms with Gasteiger partial charge in [0.05, 0.1) is 44.6 Å². The lowest BCUT2D eigenvalue weighted by Crippen LogP contribution is -2.28. The van der Waals surface area contributed by atoms with Gasteiger partial charge in [-0.3, -0.25) is 14.9 Å².